The molecule has 0 heterocycles. The molecule has 0 amide bonds. The lowest BCUT2D eigenvalue weighted by molar-refractivity contribution is 0.601. The number of fused-ring (bicyclic) bond motifs is 1. The van der Waals surface area contributed by atoms with Crippen molar-refractivity contribution >= 4 is 21.5 Å². The highest BCUT2D eigenvalue weighted by Crippen LogP contribution is 2.27. The summed E-state index contributed by atoms with van der Waals surface area (Å²) < 4.78 is 22.1. The lowest BCUT2D eigenvalue weighted by Crippen LogP contribution is -2.25. The van der Waals surface area contributed by atoms with Gasteiger partial charge in [-0.05, 0) is 42.9 Å². The molecule has 0 spiro atoms. The van der Waals surface area contributed by atoms with Crippen molar-refractivity contribution in [1.82, 2.24) is 0 Å². The lowest BCUT2D eigenvalue weighted by Gasteiger charge is -2.19. The Morgan fingerprint density at radius 2 is 2.10 bits per heavy atom. The number of benzene rings is 1. The van der Waals surface area contributed by atoms with Crippen LogP contribution in [0.4, 0.5) is 5.69 Å². The first kappa shape index (κ1) is 14.8. The van der Waals surface area contributed by atoms with Gasteiger partial charge in [-0.25, -0.2) is 8.42 Å². The molecule has 1 aliphatic carbocycles. The first-order valence-electron chi connectivity index (χ1n) is 6.81. The molecule has 0 bridgehead atoms. The van der Waals surface area contributed by atoms with Crippen LogP contribution in [0.25, 0.3) is 0 Å². The normalized spacial score (nSPS) is 15.8. The summed E-state index contributed by atoms with van der Waals surface area (Å²) in [5.74, 6) is 0.287. The molecule has 20 heavy (non-hydrogen) atoms. The van der Waals surface area contributed by atoms with E-state index in [1.807, 2.05) is 12.1 Å². The van der Waals surface area contributed by atoms with Gasteiger partial charge in [-0.15, -0.1) is 0 Å². The molecular weight excluding hydrogens is 274 g/mol. The third kappa shape index (κ3) is 4.23. The second-order valence-corrected chi connectivity index (χ2v) is 7.43. The van der Waals surface area contributed by atoms with Crippen molar-refractivity contribution in [3.05, 3.63) is 29.3 Å². The number of guanidine groups is 1. The molecule has 0 aromatic heterocycles. The Morgan fingerprint density at radius 3 is 2.85 bits per heavy atom. The van der Waals surface area contributed by atoms with Crippen molar-refractivity contribution in [2.75, 3.05) is 23.9 Å². The molecule has 0 saturated carbocycles. The fraction of sp³-hybridized carbons (Fsp3) is 0.500. The van der Waals surface area contributed by atoms with Crippen LogP contribution >= 0.6 is 0 Å². The molecule has 0 saturated heterocycles. The van der Waals surface area contributed by atoms with Gasteiger partial charge in [-0.2, -0.15) is 0 Å². The van der Waals surface area contributed by atoms with E-state index in [-0.39, 0.29) is 18.3 Å². The fourth-order valence-electron chi connectivity index (χ4n) is 2.41. The van der Waals surface area contributed by atoms with Crippen LogP contribution in [0.15, 0.2) is 23.2 Å². The van der Waals surface area contributed by atoms with Gasteiger partial charge in [0.15, 0.2) is 5.96 Å². The maximum atomic E-state index is 11.0. The van der Waals surface area contributed by atoms with Gasteiger partial charge < -0.3 is 11.1 Å². The van der Waals surface area contributed by atoms with E-state index in [0.717, 1.165) is 18.5 Å². The van der Waals surface area contributed by atoms with Gasteiger partial charge in [0.05, 0.1) is 12.3 Å². The van der Waals surface area contributed by atoms with Crippen LogP contribution in [0.2, 0.25) is 0 Å². The highest BCUT2D eigenvalue weighted by Gasteiger charge is 2.13. The lowest BCUT2D eigenvalue weighted by atomic mass is 9.90. The minimum Gasteiger partial charge on any atom is -0.370 e. The van der Waals surface area contributed by atoms with E-state index >= 15 is 0 Å². The van der Waals surface area contributed by atoms with Gasteiger partial charge in [-0.1, -0.05) is 12.1 Å². The number of nitrogens with one attached hydrogen (secondary N) is 1. The Kier molecular flexibility index (Phi) is 4.65. The van der Waals surface area contributed by atoms with E-state index in [2.05, 4.69) is 16.4 Å². The topological polar surface area (TPSA) is 84.5 Å². The molecular formula is C14H21N3O2S. The molecule has 0 unspecified atom stereocenters. The van der Waals surface area contributed by atoms with Crippen LogP contribution in [-0.2, 0) is 22.7 Å². The van der Waals surface area contributed by atoms with Crippen LogP contribution in [0.1, 0.15) is 24.0 Å². The average Bonchev–Trinajstić information content (AvgIpc) is 2.37. The third-order valence-corrected chi connectivity index (χ3v) is 4.33. The van der Waals surface area contributed by atoms with Gasteiger partial charge in [0.1, 0.15) is 9.84 Å². The zero-order valence-corrected chi connectivity index (χ0v) is 12.5. The number of hydrogen-bond donors (Lipinski definition) is 2. The van der Waals surface area contributed by atoms with E-state index in [1.54, 1.807) is 0 Å². The van der Waals surface area contributed by atoms with Crippen molar-refractivity contribution in [1.29, 1.82) is 0 Å². The van der Waals surface area contributed by atoms with Crippen molar-refractivity contribution < 1.29 is 8.42 Å². The van der Waals surface area contributed by atoms with Gasteiger partial charge in [0, 0.05) is 11.9 Å². The van der Waals surface area contributed by atoms with Crippen LogP contribution < -0.4 is 11.1 Å². The number of aliphatic imine (C=N–C) groups is 1. The molecule has 2 rings (SSSR count). The molecule has 6 heteroatoms. The van der Waals surface area contributed by atoms with Crippen molar-refractivity contribution in [3.8, 4) is 0 Å². The smallest absolute Gasteiger partial charge is 0.193 e. The fourth-order valence-corrected chi connectivity index (χ4v) is 2.83. The number of aryl methyl sites for hydroxylation is 1. The largest absolute Gasteiger partial charge is 0.370 e. The number of anilines is 1. The molecule has 0 radical (unpaired) electrons. The SMILES string of the molecule is CS(=O)(=O)CCN=C(N)Nc1cccc2c1CCCC2. The summed E-state index contributed by atoms with van der Waals surface area (Å²) in [4.78, 5) is 4.06. The Morgan fingerprint density at radius 1 is 1.35 bits per heavy atom. The van der Waals surface area contributed by atoms with E-state index in [4.69, 9.17) is 5.73 Å². The molecule has 110 valence electrons. The van der Waals surface area contributed by atoms with Crippen LogP contribution in [0, 0.1) is 0 Å². The monoisotopic (exact) mass is 295 g/mol. The maximum Gasteiger partial charge on any atom is 0.193 e. The number of sulfone groups is 1. The van der Waals surface area contributed by atoms with Gasteiger partial charge in [0.25, 0.3) is 0 Å². The molecule has 0 aliphatic heterocycles. The predicted octanol–water partition coefficient (Wildman–Crippen LogP) is 1.34. The zero-order chi connectivity index (χ0) is 14.6. The summed E-state index contributed by atoms with van der Waals surface area (Å²) in [5, 5.41) is 3.09. The summed E-state index contributed by atoms with van der Waals surface area (Å²) >= 11 is 0. The van der Waals surface area contributed by atoms with Crippen molar-refractivity contribution in [3.63, 3.8) is 0 Å². The van der Waals surface area contributed by atoms with Crippen LogP contribution in [0.5, 0.6) is 0 Å². The predicted molar refractivity (Wildman–Crippen MR) is 82.9 cm³/mol. The second kappa shape index (κ2) is 6.26. The average molecular weight is 295 g/mol. The quantitative estimate of drug-likeness (QED) is 0.648. The van der Waals surface area contributed by atoms with Crippen molar-refractivity contribution in [2.45, 2.75) is 25.7 Å². The van der Waals surface area contributed by atoms with E-state index in [1.165, 1.54) is 30.2 Å². The van der Waals surface area contributed by atoms with Crippen LogP contribution in [0.3, 0.4) is 0 Å². The molecule has 0 fully saturated rings. The second-order valence-electron chi connectivity index (χ2n) is 5.17. The standard InChI is InChI=1S/C14H21N3O2S/c1-20(18,19)10-9-16-14(15)17-13-8-4-6-11-5-2-3-7-12(11)13/h4,6,8H,2-3,5,7,9-10H2,1H3,(H3,15,16,17). The summed E-state index contributed by atoms with van der Waals surface area (Å²) in [6.45, 7) is 0.187. The first-order chi connectivity index (χ1) is 9.46. The van der Waals surface area contributed by atoms with E-state index in [9.17, 15) is 8.42 Å². The molecule has 0 atom stereocenters. The zero-order valence-electron chi connectivity index (χ0n) is 11.7. The maximum absolute atomic E-state index is 11.0. The Balaban J connectivity index is 2.04. The summed E-state index contributed by atoms with van der Waals surface area (Å²) in [7, 11) is -3.00. The molecule has 1 aliphatic rings. The van der Waals surface area contributed by atoms with Crippen LogP contribution in [-0.4, -0.2) is 32.9 Å². The number of nitrogens with zero attached hydrogens (tertiary/aromatic N) is 1. The third-order valence-electron chi connectivity index (χ3n) is 3.40. The number of nitrogens with two attached hydrogens (primary N) is 1. The van der Waals surface area contributed by atoms with Gasteiger partial charge in [-0.3, -0.25) is 4.99 Å². The van der Waals surface area contributed by atoms with Crippen molar-refractivity contribution in [2.24, 2.45) is 10.7 Å². The summed E-state index contributed by atoms with van der Waals surface area (Å²) in [5.41, 5.74) is 9.47. The molecule has 5 nitrogen and oxygen atoms in total. The highest BCUT2D eigenvalue weighted by atomic mass is 32.2. The Bertz CT molecular complexity index is 609. The number of rotatable bonds is 4. The molecule has 1 aromatic carbocycles. The van der Waals surface area contributed by atoms with E-state index < -0.39 is 9.84 Å². The minimum atomic E-state index is -3.00. The minimum absolute atomic E-state index is 0.0161. The summed E-state index contributed by atoms with van der Waals surface area (Å²) in [6, 6.07) is 6.15. The molecule has 1 aromatic rings. The summed E-state index contributed by atoms with van der Waals surface area (Å²) in [6.07, 6.45) is 5.77. The first-order valence-corrected chi connectivity index (χ1v) is 8.87. The highest BCUT2D eigenvalue weighted by molar-refractivity contribution is 7.90. The Labute approximate surface area is 120 Å². The van der Waals surface area contributed by atoms with Gasteiger partial charge in [0.2, 0.25) is 0 Å². The van der Waals surface area contributed by atoms with E-state index in [0.29, 0.717) is 0 Å². The molecule has 3 N–H and O–H groups in total. The van der Waals surface area contributed by atoms with Gasteiger partial charge >= 0.3 is 0 Å². The Hall–Kier alpha value is -1.56. The number of hydrogen-bond acceptors (Lipinski definition) is 3.